The minimum atomic E-state index is -1.40. The highest BCUT2D eigenvalue weighted by molar-refractivity contribution is 6.00. The van der Waals surface area contributed by atoms with Crippen LogP contribution < -0.4 is 20.1 Å². The average molecular weight is 1070 g/mol. The number of hydrogen-bond acceptors (Lipinski definition) is 9. The van der Waals surface area contributed by atoms with E-state index in [1.54, 1.807) is 24.7 Å². The number of rotatable bonds is 25. The van der Waals surface area contributed by atoms with Crippen molar-refractivity contribution in [3.05, 3.63) is 107 Å². The van der Waals surface area contributed by atoms with E-state index in [0.29, 0.717) is 59.4 Å². The zero-order valence-electron chi connectivity index (χ0n) is 48.2. The molecule has 1 saturated heterocycles. The Balaban J connectivity index is 0.841. The molecule has 8 rings (SSSR count). The van der Waals surface area contributed by atoms with Crippen molar-refractivity contribution in [1.29, 1.82) is 0 Å². The maximum atomic E-state index is 15.9. The monoisotopic (exact) mass is 1070 g/mol. The lowest BCUT2D eigenvalue weighted by Gasteiger charge is -2.58. The number of ether oxygens (including phenoxy) is 4. The van der Waals surface area contributed by atoms with Crippen LogP contribution in [0.2, 0.25) is 0 Å². The molecule has 3 aromatic carbocycles. The molecule has 78 heavy (non-hydrogen) atoms. The fourth-order valence-electron chi connectivity index (χ4n) is 15.5. The van der Waals surface area contributed by atoms with E-state index in [1.807, 2.05) is 78.9 Å². The third kappa shape index (κ3) is 12.7. The molecule has 0 bridgehead atoms. The number of benzene rings is 3. The van der Waals surface area contributed by atoms with Gasteiger partial charge in [0.25, 0.3) is 0 Å². The number of unbranched alkanes of at least 4 members (excludes halogenated alkanes) is 2. The number of amides is 3. The first-order chi connectivity index (χ1) is 37.5. The number of methoxy groups -OCH3 is 2. The van der Waals surface area contributed by atoms with Gasteiger partial charge in [-0.2, -0.15) is 0 Å². The number of nitrogens with zero attached hydrogens (tertiary/aromatic N) is 1. The van der Waals surface area contributed by atoms with E-state index in [0.717, 1.165) is 54.8 Å². The molecule has 3 amide bonds. The van der Waals surface area contributed by atoms with Gasteiger partial charge in [-0.3, -0.25) is 24.0 Å². The number of likely N-dealkylation sites (tertiary alicyclic amines) is 1. The predicted octanol–water partition coefficient (Wildman–Crippen LogP) is 11.6. The first-order valence-electron chi connectivity index (χ1n) is 29.7. The number of carbonyl (C=O) groups is 5. The molecular weight excluding hydrogens is 979 g/mol. The average Bonchev–Trinajstić information content (AvgIpc) is 4.21. The van der Waals surface area contributed by atoms with E-state index in [1.165, 1.54) is 58.4 Å². The lowest BCUT2D eigenvalue weighted by molar-refractivity contribution is -0.153. The van der Waals surface area contributed by atoms with Crippen LogP contribution in [0.4, 0.5) is 0 Å². The molecule has 2 N–H and O–H groups in total. The van der Waals surface area contributed by atoms with Gasteiger partial charge in [0.05, 0.1) is 39.2 Å². The Morgan fingerprint density at radius 1 is 0.718 bits per heavy atom. The first-order valence-corrected chi connectivity index (χ1v) is 29.7. The lowest BCUT2D eigenvalue weighted by atomic mass is 9.47. The van der Waals surface area contributed by atoms with Crippen molar-refractivity contribution in [2.45, 2.75) is 161 Å². The van der Waals surface area contributed by atoms with Crippen LogP contribution in [0.1, 0.15) is 160 Å². The quantitative estimate of drug-likeness (QED) is 0.0366. The predicted molar refractivity (Wildman–Crippen MR) is 305 cm³/mol. The van der Waals surface area contributed by atoms with Gasteiger partial charge >= 0.3 is 5.97 Å². The minimum Gasteiger partial charge on any atom is -0.497 e. The van der Waals surface area contributed by atoms with E-state index in [9.17, 15) is 19.2 Å². The summed E-state index contributed by atoms with van der Waals surface area (Å²) in [5, 5.41) is 5.59. The number of Topliss-reactive ketones (excluding diaryl/α,β-unsaturated/α-hetero) is 1. The lowest BCUT2D eigenvalue weighted by Crippen LogP contribution is -2.51. The molecule has 3 aromatic rings. The molecular formula is C66H91N3O9. The molecule has 12 nitrogen and oxygen atoms in total. The van der Waals surface area contributed by atoms with E-state index in [4.69, 9.17) is 18.9 Å². The maximum Gasteiger partial charge on any atom is 0.306 e. The van der Waals surface area contributed by atoms with Gasteiger partial charge in [-0.25, -0.2) is 0 Å². The van der Waals surface area contributed by atoms with Crippen molar-refractivity contribution in [1.82, 2.24) is 15.5 Å². The summed E-state index contributed by atoms with van der Waals surface area (Å²) in [5.41, 5.74) is 2.94. The normalized spacial score (nSPS) is 26.9. The highest BCUT2D eigenvalue weighted by Crippen LogP contribution is 2.67. The number of fused-ring (bicyclic) bond motifs is 5. The van der Waals surface area contributed by atoms with Crippen LogP contribution in [-0.2, 0) is 38.9 Å². The molecule has 3 saturated carbocycles. The number of hydrogen-bond donors (Lipinski definition) is 2. The second-order valence-electron chi connectivity index (χ2n) is 24.7. The number of carbonyl (C=O) groups excluding carboxylic acids is 5. The second kappa shape index (κ2) is 26.2. The smallest absolute Gasteiger partial charge is 0.306 e. The Labute approximate surface area is 465 Å². The fraction of sp³-hybridized carbons (Fsp3) is 0.621. The highest BCUT2D eigenvalue weighted by Gasteiger charge is 2.59. The molecule has 10 atom stereocenters. The third-order valence-electron chi connectivity index (χ3n) is 19.8. The largest absolute Gasteiger partial charge is 0.497 e. The van der Waals surface area contributed by atoms with Crippen LogP contribution in [0, 0.1) is 52.3 Å². The molecule has 4 aliphatic carbocycles. The molecule has 0 spiro atoms. The fourth-order valence-corrected chi connectivity index (χ4v) is 15.5. The Morgan fingerprint density at radius 2 is 1.40 bits per heavy atom. The van der Waals surface area contributed by atoms with Gasteiger partial charge in [-0.05, 0) is 152 Å². The molecule has 0 aromatic heterocycles. The van der Waals surface area contributed by atoms with E-state index in [2.05, 4.69) is 51.3 Å². The summed E-state index contributed by atoms with van der Waals surface area (Å²) < 4.78 is 23.5. The summed E-state index contributed by atoms with van der Waals surface area (Å²) in [7, 11) is 4.68. The summed E-state index contributed by atoms with van der Waals surface area (Å²) in [6, 6.07) is 24.3. The SMILES string of the molecule is CNC(=O)CCC(=O)OC1CN(C(=O)CCCCCNC(=O)CO[C@H]2CC[C@@]3(C)C(=CCC4C3CC[C@@]3(C)C4CC[C@@H]3[C@H](C)CCCC(C)C)C2)CC1C(=O)C(c1ccccc1)(c1ccc(OC)cc1)c1ccc(OC)cc1. The van der Waals surface area contributed by atoms with Crippen LogP contribution >= 0.6 is 0 Å². The van der Waals surface area contributed by atoms with Crippen LogP contribution in [0.3, 0.4) is 0 Å². The van der Waals surface area contributed by atoms with Gasteiger partial charge in [0.15, 0.2) is 5.78 Å². The van der Waals surface area contributed by atoms with Gasteiger partial charge in [-0.1, -0.05) is 127 Å². The number of esters is 1. The molecule has 5 unspecified atom stereocenters. The standard InChI is InChI=1S/C66H91N3O9/c1-44(2)16-15-17-45(3)55-31-32-56-53-30-25-49-40-52(35-37-64(49,4)57(53)36-38-65(55,56)5)77-43-60(71)68-39-14-10-13-20-61(72)69-41-54(58(42-69)78-62(73)34-33-59(70)67-6)63(74)66(46-18-11-9-12-19-46,47-21-26-50(75-7)27-22-47)48-23-28-51(76-8)29-24-48/h9,11-12,18-19,21-29,44-45,52-58H,10,13-17,20,30-43H2,1-8H3,(H,67,70)(H,68,71)/t45-,52+,53?,54?,55-,56?,57?,58?,64+,65-/m1/s1. The maximum absolute atomic E-state index is 15.9. The van der Waals surface area contributed by atoms with Gasteiger partial charge in [0.1, 0.15) is 29.6 Å². The van der Waals surface area contributed by atoms with E-state index < -0.39 is 23.4 Å². The number of nitrogens with one attached hydrogen (secondary N) is 2. The van der Waals surface area contributed by atoms with Crippen molar-refractivity contribution in [3.63, 3.8) is 0 Å². The molecule has 0 radical (unpaired) electrons. The summed E-state index contributed by atoms with van der Waals surface area (Å²) >= 11 is 0. The van der Waals surface area contributed by atoms with Crippen LogP contribution in [0.25, 0.3) is 0 Å². The summed E-state index contributed by atoms with van der Waals surface area (Å²) in [6.07, 6.45) is 17.5. The molecule has 1 heterocycles. The topological polar surface area (TPSA) is 150 Å². The molecule has 1 aliphatic heterocycles. The van der Waals surface area contributed by atoms with Gasteiger partial charge in [0.2, 0.25) is 17.7 Å². The zero-order chi connectivity index (χ0) is 55.6. The molecule has 4 fully saturated rings. The zero-order valence-corrected chi connectivity index (χ0v) is 48.2. The molecule has 424 valence electrons. The van der Waals surface area contributed by atoms with Gasteiger partial charge in [-0.15, -0.1) is 0 Å². The summed E-state index contributed by atoms with van der Waals surface area (Å²) in [4.78, 5) is 70.3. The number of ketones is 1. The van der Waals surface area contributed by atoms with Crippen LogP contribution in [0.5, 0.6) is 11.5 Å². The van der Waals surface area contributed by atoms with Crippen LogP contribution in [-0.4, -0.2) is 94.1 Å². The van der Waals surface area contributed by atoms with Crippen molar-refractivity contribution in [2.24, 2.45) is 52.3 Å². The van der Waals surface area contributed by atoms with Gasteiger partial charge < -0.3 is 34.5 Å². The highest BCUT2D eigenvalue weighted by atomic mass is 16.5. The molecule has 12 heteroatoms. The first kappa shape index (κ1) is 58.7. The van der Waals surface area contributed by atoms with Crippen molar-refractivity contribution < 1.29 is 42.9 Å². The summed E-state index contributed by atoms with van der Waals surface area (Å²) in [6.45, 7) is 13.1. The van der Waals surface area contributed by atoms with Crippen molar-refractivity contribution in [2.75, 3.05) is 47.5 Å². The van der Waals surface area contributed by atoms with E-state index in [-0.39, 0.29) is 74.0 Å². The third-order valence-corrected chi connectivity index (χ3v) is 19.8. The summed E-state index contributed by atoms with van der Waals surface area (Å²) in [5.74, 6) is 3.73. The Morgan fingerprint density at radius 3 is 2.05 bits per heavy atom. The van der Waals surface area contributed by atoms with E-state index >= 15 is 4.79 Å². The molecule has 5 aliphatic rings. The van der Waals surface area contributed by atoms with Crippen molar-refractivity contribution >= 4 is 29.5 Å². The second-order valence-corrected chi connectivity index (χ2v) is 24.7. The van der Waals surface area contributed by atoms with Crippen LogP contribution in [0.15, 0.2) is 90.5 Å². The minimum absolute atomic E-state index is 0.0321. The Kier molecular flexibility index (Phi) is 19.7. The van der Waals surface area contributed by atoms with Gasteiger partial charge in [0, 0.05) is 33.0 Å². The Bertz CT molecular complexity index is 2500. The Hall–Kier alpha value is -5.49. The number of allylic oxidation sites excluding steroid dienone is 1. The van der Waals surface area contributed by atoms with Crippen molar-refractivity contribution in [3.8, 4) is 11.5 Å².